The molecule has 84 valence electrons. The highest BCUT2D eigenvalue weighted by Gasteiger charge is 2.03. The number of nitrogens with zero attached hydrogens (tertiary/aromatic N) is 1. The fourth-order valence-corrected chi connectivity index (χ4v) is 2.01. The van der Waals surface area contributed by atoms with Crippen LogP contribution in [0.2, 0.25) is 0 Å². The summed E-state index contributed by atoms with van der Waals surface area (Å²) in [5.41, 5.74) is 0.836. The van der Waals surface area contributed by atoms with Gasteiger partial charge in [0.05, 0.1) is 23.1 Å². The van der Waals surface area contributed by atoms with Crippen molar-refractivity contribution in [1.29, 1.82) is 0 Å². The van der Waals surface area contributed by atoms with Gasteiger partial charge in [0.1, 0.15) is 5.76 Å². The van der Waals surface area contributed by atoms with E-state index in [0.29, 0.717) is 0 Å². The average molecular weight is 235 g/mol. The Bertz CT molecular complexity index is 423. The highest BCUT2D eigenvalue weighted by molar-refractivity contribution is 7.98. The molecule has 0 saturated carbocycles. The van der Waals surface area contributed by atoms with Crippen molar-refractivity contribution in [3.63, 3.8) is 0 Å². The van der Waals surface area contributed by atoms with Crippen molar-refractivity contribution in [3.05, 3.63) is 48.0 Å². The predicted octanol–water partition coefficient (Wildman–Crippen LogP) is 3.02. The van der Waals surface area contributed by atoms with Crippen molar-refractivity contribution in [1.82, 2.24) is 4.98 Å². The van der Waals surface area contributed by atoms with E-state index in [9.17, 15) is 5.11 Å². The molecule has 0 radical (unpaired) electrons. The molecule has 0 bridgehead atoms. The summed E-state index contributed by atoms with van der Waals surface area (Å²) in [4.78, 5) is 4.26. The van der Waals surface area contributed by atoms with Gasteiger partial charge in [-0.15, -0.1) is 0 Å². The minimum Gasteiger partial charge on any atom is -0.468 e. The quantitative estimate of drug-likeness (QED) is 0.827. The first kappa shape index (κ1) is 11.2. The van der Waals surface area contributed by atoms with Gasteiger partial charge in [-0.2, -0.15) is 0 Å². The van der Waals surface area contributed by atoms with Gasteiger partial charge in [0.2, 0.25) is 0 Å². The number of rotatable bonds is 4. The second-order valence-corrected chi connectivity index (χ2v) is 4.47. The van der Waals surface area contributed by atoms with Gasteiger partial charge in [0.15, 0.2) is 0 Å². The van der Waals surface area contributed by atoms with Gasteiger partial charge >= 0.3 is 0 Å². The largest absolute Gasteiger partial charge is 0.468 e. The van der Waals surface area contributed by atoms with Crippen molar-refractivity contribution in [2.45, 2.75) is 23.8 Å². The lowest BCUT2D eigenvalue weighted by Crippen LogP contribution is -1.92. The third kappa shape index (κ3) is 2.87. The lowest BCUT2D eigenvalue weighted by molar-refractivity contribution is 0.198. The fraction of sp³-hybridized carbons (Fsp3) is 0.250. The Kier molecular flexibility index (Phi) is 3.64. The zero-order chi connectivity index (χ0) is 11.4. The van der Waals surface area contributed by atoms with Crippen LogP contribution in [0.25, 0.3) is 0 Å². The molecule has 0 aliphatic heterocycles. The molecule has 2 rings (SSSR count). The maximum Gasteiger partial charge on any atom is 0.114 e. The second kappa shape index (κ2) is 5.18. The van der Waals surface area contributed by atoms with Crippen LogP contribution in [-0.2, 0) is 5.75 Å². The molecule has 0 amide bonds. The lowest BCUT2D eigenvalue weighted by Gasteiger charge is -2.04. The Balaban J connectivity index is 1.95. The highest BCUT2D eigenvalue weighted by atomic mass is 32.2. The van der Waals surface area contributed by atoms with Gasteiger partial charge in [-0.05, 0) is 30.7 Å². The predicted molar refractivity (Wildman–Crippen MR) is 63.1 cm³/mol. The van der Waals surface area contributed by atoms with Gasteiger partial charge in [-0.25, -0.2) is 4.98 Å². The van der Waals surface area contributed by atoms with E-state index in [2.05, 4.69) is 4.98 Å². The van der Waals surface area contributed by atoms with Crippen molar-refractivity contribution in [3.8, 4) is 0 Å². The first-order chi connectivity index (χ1) is 7.75. The number of hydrogen-bond donors (Lipinski definition) is 1. The molecule has 1 atom stereocenters. The summed E-state index contributed by atoms with van der Waals surface area (Å²) in [5, 5.41) is 10.3. The van der Waals surface area contributed by atoms with Crippen molar-refractivity contribution < 1.29 is 9.52 Å². The van der Waals surface area contributed by atoms with Gasteiger partial charge in [0.25, 0.3) is 0 Å². The van der Waals surface area contributed by atoms with E-state index in [1.54, 1.807) is 31.1 Å². The first-order valence-electron chi connectivity index (χ1n) is 5.05. The Morgan fingerprint density at radius 3 is 2.88 bits per heavy atom. The van der Waals surface area contributed by atoms with Crippen LogP contribution < -0.4 is 0 Å². The van der Waals surface area contributed by atoms with Gasteiger partial charge in [0, 0.05) is 6.20 Å². The normalized spacial score (nSPS) is 12.6. The minimum absolute atomic E-state index is 0.461. The molecule has 1 N–H and O–H groups in total. The van der Waals surface area contributed by atoms with E-state index in [1.807, 2.05) is 24.3 Å². The summed E-state index contributed by atoms with van der Waals surface area (Å²) in [6.07, 6.45) is 2.91. The Labute approximate surface area is 98.5 Å². The molecule has 0 aliphatic carbocycles. The van der Waals surface area contributed by atoms with Crippen molar-refractivity contribution >= 4 is 11.8 Å². The molecule has 4 heteroatoms. The molecule has 0 spiro atoms. The molecule has 0 fully saturated rings. The first-order valence-corrected chi connectivity index (χ1v) is 6.03. The van der Waals surface area contributed by atoms with Crippen LogP contribution in [0.3, 0.4) is 0 Å². The van der Waals surface area contributed by atoms with Gasteiger partial charge in [-0.3, -0.25) is 0 Å². The molecule has 3 nitrogen and oxygen atoms in total. The highest BCUT2D eigenvalue weighted by Crippen LogP contribution is 2.22. The third-order valence-electron chi connectivity index (χ3n) is 2.18. The van der Waals surface area contributed by atoms with E-state index in [0.717, 1.165) is 22.1 Å². The molecule has 2 heterocycles. The van der Waals surface area contributed by atoms with Crippen molar-refractivity contribution in [2.24, 2.45) is 0 Å². The summed E-state index contributed by atoms with van der Waals surface area (Å²) in [6.45, 7) is 1.73. The molecular formula is C12H13NO2S. The number of pyridine rings is 1. The number of thioether (sulfide) groups is 1. The number of furan rings is 1. The minimum atomic E-state index is -0.461. The maximum absolute atomic E-state index is 9.33. The van der Waals surface area contributed by atoms with Crippen LogP contribution in [0.1, 0.15) is 24.4 Å². The van der Waals surface area contributed by atoms with Gasteiger partial charge < -0.3 is 9.52 Å². The zero-order valence-corrected chi connectivity index (χ0v) is 9.78. The smallest absolute Gasteiger partial charge is 0.114 e. The van der Waals surface area contributed by atoms with E-state index in [1.165, 1.54) is 0 Å². The van der Waals surface area contributed by atoms with Crippen LogP contribution in [0, 0.1) is 0 Å². The second-order valence-electron chi connectivity index (χ2n) is 3.47. The molecule has 16 heavy (non-hydrogen) atoms. The zero-order valence-electron chi connectivity index (χ0n) is 8.96. The molecular weight excluding hydrogens is 222 g/mol. The average Bonchev–Trinajstić information content (AvgIpc) is 2.80. The van der Waals surface area contributed by atoms with E-state index in [4.69, 9.17) is 4.42 Å². The van der Waals surface area contributed by atoms with E-state index < -0.39 is 6.10 Å². The third-order valence-corrected chi connectivity index (χ3v) is 3.15. The summed E-state index contributed by atoms with van der Waals surface area (Å²) in [7, 11) is 0. The van der Waals surface area contributed by atoms with Crippen molar-refractivity contribution in [2.75, 3.05) is 0 Å². The summed E-state index contributed by atoms with van der Waals surface area (Å²) >= 11 is 1.61. The number of aromatic nitrogens is 1. The van der Waals surface area contributed by atoms with E-state index >= 15 is 0 Å². The van der Waals surface area contributed by atoms with Crippen LogP contribution in [0.5, 0.6) is 0 Å². The summed E-state index contributed by atoms with van der Waals surface area (Å²) in [5.74, 6) is 1.71. The Morgan fingerprint density at radius 1 is 1.44 bits per heavy atom. The summed E-state index contributed by atoms with van der Waals surface area (Å²) in [6, 6.07) is 7.62. The van der Waals surface area contributed by atoms with Gasteiger partial charge in [-0.1, -0.05) is 17.8 Å². The molecule has 2 aromatic heterocycles. The molecule has 0 aliphatic rings. The molecule has 0 aromatic carbocycles. The SMILES string of the molecule is CC(O)c1ccc(SCc2ccco2)nc1. The summed E-state index contributed by atoms with van der Waals surface area (Å²) < 4.78 is 5.23. The number of aliphatic hydroxyl groups is 1. The Hall–Kier alpha value is -1.26. The maximum atomic E-state index is 9.33. The lowest BCUT2D eigenvalue weighted by atomic mass is 10.2. The van der Waals surface area contributed by atoms with Crippen LogP contribution in [0.4, 0.5) is 0 Å². The fourth-order valence-electron chi connectivity index (χ4n) is 1.26. The number of aliphatic hydroxyl groups excluding tert-OH is 1. The molecule has 2 aromatic rings. The Morgan fingerprint density at radius 2 is 2.31 bits per heavy atom. The number of hydrogen-bond acceptors (Lipinski definition) is 4. The molecule has 1 unspecified atom stereocenters. The van der Waals surface area contributed by atoms with Crippen LogP contribution in [0.15, 0.2) is 46.2 Å². The topological polar surface area (TPSA) is 46.3 Å². The van der Waals surface area contributed by atoms with E-state index in [-0.39, 0.29) is 0 Å². The monoisotopic (exact) mass is 235 g/mol. The standard InChI is InChI=1S/C12H13NO2S/c1-9(14)10-4-5-12(13-7-10)16-8-11-3-2-6-15-11/h2-7,9,14H,8H2,1H3. The molecule has 0 saturated heterocycles. The van der Waals surface area contributed by atoms with Crippen LogP contribution in [-0.4, -0.2) is 10.1 Å². The van der Waals surface area contributed by atoms with Crippen LogP contribution >= 0.6 is 11.8 Å².